The molecule has 12 heavy (non-hydrogen) atoms. The molecule has 0 aromatic heterocycles. The SMILES string of the molecule is OC1C2C3C4C1C15C2C3C41C5O. The van der Waals surface area contributed by atoms with Gasteiger partial charge in [0.15, 0.2) is 0 Å². The van der Waals surface area contributed by atoms with Crippen LogP contribution in [0.1, 0.15) is 0 Å². The standard InChI is InChI=1S/C10H10O2/c11-7-2-1-3-5(2)10-6(7)4(1)9(3,10)8(10)12/h1-8,11-12H. The number of aliphatic hydroxyl groups excluding tert-OH is 2. The zero-order valence-electron chi connectivity index (χ0n) is 6.51. The largest absolute Gasteiger partial charge is 0.392 e. The van der Waals surface area contributed by atoms with Gasteiger partial charge >= 0.3 is 0 Å². The maximum Gasteiger partial charge on any atom is 0.0678 e. The van der Waals surface area contributed by atoms with E-state index in [0.717, 1.165) is 23.7 Å². The molecule has 7 aliphatic carbocycles. The first-order valence-corrected chi connectivity index (χ1v) is 5.17. The Balaban J connectivity index is 1.80. The van der Waals surface area contributed by atoms with Gasteiger partial charge in [-0.1, -0.05) is 0 Å². The van der Waals surface area contributed by atoms with Crippen LogP contribution in [0.15, 0.2) is 0 Å². The third-order valence-electron chi connectivity index (χ3n) is 7.00. The van der Waals surface area contributed by atoms with Crippen molar-refractivity contribution in [2.75, 3.05) is 0 Å². The van der Waals surface area contributed by atoms with Gasteiger partial charge in [0.1, 0.15) is 0 Å². The van der Waals surface area contributed by atoms with Crippen molar-refractivity contribution in [3.05, 3.63) is 0 Å². The molecule has 2 N–H and O–H groups in total. The molecule has 7 fully saturated rings. The minimum atomic E-state index is -0.00553. The predicted octanol–water partition coefficient (Wildman–Crippen LogP) is -0.540. The summed E-state index contributed by atoms with van der Waals surface area (Å²) in [5.41, 5.74) is 0.752. The van der Waals surface area contributed by atoms with Gasteiger partial charge in [-0.2, -0.15) is 0 Å². The summed E-state index contributed by atoms with van der Waals surface area (Å²) in [6.45, 7) is 0. The van der Waals surface area contributed by atoms with Crippen LogP contribution in [-0.2, 0) is 0 Å². The summed E-state index contributed by atoms with van der Waals surface area (Å²) in [4.78, 5) is 0. The topological polar surface area (TPSA) is 40.5 Å². The second-order valence-corrected chi connectivity index (χ2v) is 6.02. The van der Waals surface area contributed by atoms with Crippen LogP contribution in [0.3, 0.4) is 0 Å². The summed E-state index contributed by atoms with van der Waals surface area (Å²) in [5, 5.41) is 19.9. The molecular formula is C10H10O2. The molecule has 62 valence electrons. The van der Waals surface area contributed by atoms with Crippen LogP contribution in [0.5, 0.6) is 0 Å². The lowest BCUT2D eigenvalue weighted by Gasteiger charge is -2.82. The molecule has 2 heteroatoms. The summed E-state index contributed by atoms with van der Waals surface area (Å²) in [6.07, 6.45) is 0.0161. The van der Waals surface area contributed by atoms with Crippen LogP contribution < -0.4 is 0 Å². The van der Waals surface area contributed by atoms with E-state index in [9.17, 15) is 10.2 Å². The van der Waals surface area contributed by atoms with Gasteiger partial charge in [0.2, 0.25) is 0 Å². The first-order valence-electron chi connectivity index (χ1n) is 5.17. The van der Waals surface area contributed by atoms with Crippen LogP contribution >= 0.6 is 0 Å². The molecule has 2 spiro atoms. The molecule has 0 aromatic rings. The van der Waals surface area contributed by atoms with Crippen molar-refractivity contribution in [3.8, 4) is 0 Å². The summed E-state index contributed by atoms with van der Waals surface area (Å²) in [5.74, 6) is 4.51. The smallest absolute Gasteiger partial charge is 0.0678 e. The van der Waals surface area contributed by atoms with E-state index in [-0.39, 0.29) is 12.2 Å². The molecule has 2 nitrogen and oxygen atoms in total. The average Bonchev–Trinajstić information content (AvgIpc) is 2.45. The van der Waals surface area contributed by atoms with E-state index < -0.39 is 0 Å². The normalized spacial score (nSPS) is 104. The highest BCUT2D eigenvalue weighted by molar-refractivity contribution is 5.63. The van der Waals surface area contributed by atoms with Gasteiger partial charge in [0, 0.05) is 10.8 Å². The molecule has 7 aliphatic rings. The summed E-state index contributed by atoms with van der Waals surface area (Å²) >= 11 is 0. The van der Waals surface area contributed by atoms with Gasteiger partial charge < -0.3 is 10.2 Å². The maximum atomic E-state index is 9.95. The van der Waals surface area contributed by atoms with Gasteiger partial charge in [0.05, 0.1) is 12.2 Å². The Morgan fingerprint density at radius 3 is 1.92 bits per heavy atom. The number of rotatable bonds is 0. The molecule has 0 aromatic carbocycles. The van der Waals surface area contributed by atoms with Gasteiger partial charge in [-0.3, -0.25) is 0 Å². The molecule has 7 saturated carbocycles. The number of hydrogen-bond acceptors (Lipinski definition) is 2. The highest BCUT2D eigenvalue weighted by Gasteiger charge is 3.17. The van der Waals surface area contributed by atoms with Crippen LogP contribution in [0.4, 0.5) is 0 Å². The van der Waals surface area contributed by atoms with Crippen molar-refractivity contribution in [3.63, 3.8) is 0 Å². The van der Waals surface area contributed by atoms with E-state index >= 15 is 0 Å². The van der Waals surface area contributed by atoms with Crippen LogP contribution in [0.25, 0.3) is 0 Å². The lowest BCUT2D eigenvalue weighted by atomic mass is 9.20. The Morgan fingerprint density at radius 2 is 1.33 bits per heavy atom. The zero-order chi connectivity index (χ0) is 7.62. The van der Waals surface area contributed by atoms with Crippen LogP contribution in [0.2, 0.25) is 0 Å². The van der Waals surface area contributed by atoms with Crippen LogP contribution in [-0.4, -0.2) is 22.4 Å². The van der Waals surface area contributed by atoms with Gasteiger partial charge in [-0.05, 0) is 35.5 Å². The molecule has 0 radical (unpaired) electrons. The molecule has 0 saturated heterocycles. The molecular weight excluding hydrogens is 152 g/mol. The minimum Gasteiger partial charge on any atom is -0.392 e. The molecule has 10 atom stereocenters. The fraction of sp³-hybridized carbons (Fsp3) is 1.00. The molecule has 10 unspecified atom stereocenters. The lowest BCUT2D eigenvalue weighted by molar-refractivity contribution is -0.380. The van der Waals surface area contributed by atoms with Gasteiger partial charge in [-0.15, -0.1) is 0 Å². The van der Waals surface area contributed by atoms with Gasteiger partial charge in [-0.25, -0.2) is 0 Å². The van der Waals surface area contributed by atoms with Crippen molar-refractivity contribution < 1.29 is 10.2 Å². The zero-order valence-corrected chi connectivity index (χ0v) is 6.51. The Bertz CT molecular complexity index is 372. The number of hydrogen-bond donors (Lipinski definition) is 2. The van der Waals surface area contributed by atoms with E-state index in [1.54, 1.807) is 0 Å². The van der Waals surface area contributed by atoms with E-state index in [1.807, 2.05) is 0 Å². The summed E-state index contributed by atoms with van der Waals surface area (Å²) < 4.78 is 0. The van der Waals surface area contributed by atoms with Crippen molar-refractivity contribution >= 4 is 0 Å². The van der Waals surface area contributed by atoms with E-state index in [1.165, 1.54) is 0 Å². The van der Waals surface area contributed by atoms with Crippen molar-refractivity contribution in [1.82, 2.24) is 0 Å². The second-order valence-electron chi connectivity index (χ2n) is 6.02. The monoisotopic (exact) mass is 162 g/mol. The Labute approximate surface area is 69.6 Å². The third kappa shape index (κ3) is 0.141. The van der Waals surface area contributed by atoms with E-state index in [0.29, 0.717) is 22.7 Å². The fourth-order valence-corrected chi connectivity index (χ4v) is 7.40. The van der Waals surface area contributed by atoms with Crippen molar-refractivity contribution in [2.24, 2.45) is 46.3 Å². The molecule has 0 amide bonds. The summed E-state index contributed by atoms with van der Waals surface area (Å²) in [7, 11) is 0. The third-order valence-corrected chi connectivity index (χ3v) is 7.00. The maximum absolute atomic E-state index is 9.95. The molecule has 0 heterocycles. The quantitative estimate of drug-likeness (QED) is 0.502. The molecule has 2 bridgehead atoms. The highest BCUT2D eigenvalue weighted by atomic mass is 16.3. The highest BCUT2D eigenvalue weighted by Crippen LogP contribution is 3.15. The van der Waals surface area contributed by atoms with Gasteiger partial charge in [0.25, 0.3) is 0 Å². The Kier molecular flexibility index (Phi) is 0.345. The van der Waals surface area contributed by atoms with Crippen LogP contribution in [0, 0.1) is 46.3 Å². The first kappa shape index (κ1) is 4.97. The van der Waals surface area contributed by atoms with E-state index in [4.69, 9.17) is 0 Å². The second kappa shape index (κ2) is 0.833. The molecule has 7 rings (SSSR count). The Morgan fingerprint density at radius 1 is 0.750 bits per heavy atom. The number of aliphatic hydroxyl groups is 2. The minimum absolute atomic E-state index is 0.00553. The Hall–Kier alpha value is -0.0800. The van der Waals surface area contributed by atoms with Crippen molar-refractivity contribution in [1.29, 1.82) is 0 Å². The first-order chi connectivity index (χ1) is 5.80. The molecule has 0 aliphatic heterocycles. The van der Waals surface area contributed by atoms with Crippen molar-refractivity contribution in [2.45, 2.75) is 12.2 Å². The van der Waals surface area contributed by atoms with E-state index in [2.05, 4.69) is 0 Å². The average molecular weight is 162 g/mol. The lowest BCUT2D eigenvalue weighted by Crippen LogP contribution is -2.81. The summed E-state index contributed by atoms with van der Waals surface area (Å²) in [6, 6.07) is 0. The predicted molar refractivity (Wildman–Crippen MR) is 37.8 cm³/mol. The fourth-order valence-electron chi connectivity index (χ4n) is 7.40.